The molecule has 124 valence electrons. The van der Waals surface area contributed by atoms with Gasteiger partial charge in [-0.1, -0.05) is 6.07 Å². The van der Waals surface area contributed by atoms with Crippen molar-refractivity contribution in [3.63, 3.8) is 0 Å². The van der Waals surface area contributed by atoms with Crippen LogP contribution in [0.1, 0.15) is 17.3 Å². The van der Waals surface area contributed by atoms with Crippen molar-refractivity contribution in [3.8, 4) is 0 Å². The first-order valence-electron chi connectivity index (χ1n) is 7.65. The van der Waals surface area contributed by atoms with E-state index in [1.165, 1.54) is 29.2 Å². The Bertz CT molecular complexity index is 597. The van der Waals surface area contributed by atoms with Gasteiger partial charge in [-0.05, 0) is 13.0 Å². The van der Waals surface area contributed by atoms with Gasteiger partial charge in [0.15, 0.2) is 0 Å². The molecule has 0 aromatic heterocycles. The highest BCUT2D eigenvalue weighted by molar-refractivity contribution is 5.96. The largest absolute Gasteiger partial charge is 0.343 e. The van der Waals surface area contributed by atoms with Crippen molar-refractivity contribution in [2.45, 2.75) is 6.92 Å². The van der Waals surface area contributed by atoms with Crippen molar-refractivity contribution in [2.75, 3.05) is 39.3 Å². The van der Waals surface area contributed by atoms with Crippen LogP contribution in [0.5, 0.6) is 0 Å². The molecule has 0 radical (unpaired) electrons. The van der Waals surface area contributed by atoms with Gasteiger partial charge in [-0.2, -0.15) is 0 Å². The molecule has 1 saturated heterocycles. The van der Waals surface area contributed by atoms with Crippen LogP contribution in [0.3, 0.4) is 0 Å². The fraction of sp³-hybridized carbons (Fsp3) is 0.467. The Morgan fingerprint density at radius 1 is 1.35 bits per heavy atom. The van der Waals surface area contributed by atoms with Crippen LogP contribution in [-0.2, 0) is 4.79 Å². The summed E-state index contributed by atoms with van der Waals surface area (Å²) < 4.78 is 0. The zero-order valence-corrected chi connectivity index (χ0v) is 13.1. The maximum Gasteiger partial charge on any atom is 0.270 e. The minimum Gasteiger partial charge on any atom is -0.343 e. The summed E-state index contributed by atoms with van der Waals surface area (Å²) in [6.45, 7) is 6.28. The number of nitro groups is 1. The monoisotopic (exact) mass is 321 g/mol. The van der Waals surface area contributed by atoms with E-state index in [0.717, 1.165) is 19.6 Å². The first-order chi connectivity index (χ1) is 11.0. The van der Waals surface area contributed by atoms with Gasteiger partial charge in [-0.3, -0.25) is 19.7 Å². The number of nitrogens with zero attached hydrogens (tertiary/aromatic N) is 2. The molecule has 0 unspecified atom stereocenters. The summed E-state index contributed by atoms with van der Waals surface area (Å²) in [6.07, 6.45) is 0. The number of carbonyl (C=O) groups is 2. The van der Waals surface area contributed by atoms with E-state index in [1.54, 1.807) is 4.90 Å². The highest BCUT2D eigenvalue weighted by Gasteiger charge is 2.23. The van der Waals surface area contributed by atoms with Crippen LogP contribution in [-0.4, -0.2) is 60.9 Å². The van der Waals surface area contributed by atoms with Crippen LogP contribution in [0, 0.1) is 10.1 Å². The van der Waals surface area contributed by atoms with Crippen LogP contribution in [0.2, 0.25) is 0 Å². The maximum absolute atomic E-state index is 12.1. The number of piperazine rings is 1. The van der Waals surface area contributed by atoms with Crippen molar-refractivity contribution in [3.05, 3.63) is 39.9 Å². The summed E-state index contributed by atoms with van der Waals surface area (Å²) in [5.74, 6) is -0.612. The molecule has 0 aliphatic carbocycles. The van der Waals surface area contributed by atoms with Crippen molar-refractivity contribution in [2.24, 2.45) is 0 Å². The van der Waals surface area contributed by atoms with E-state index in [0.29, 0.717) is 13.1 Å². The van der Waals surface area contributed by atoms with Gasteiger partial charge in [0, 0.05) is 17.7 Å². The highest BCUT2D eigenvalue weighted by Crippen LogP contribution is 2.12. The Morgan fingerprint density at radius 3 is 2.65 bits per heavy atom. The van der Waals surface area contributed by atoms with Crippen molar-refractivity contribution in [1.29, 1.82) is 0 Å². The summed E-state index contributed by atoms with van der Waals surface area (Å²) in [6, 6.07) is 5.44. The Kier molecular flexibility index (Phi) is 5.64. The quantitative estimate of drug-likeness (QED) is 0.541. The predicted molar refractivity (Wildman–Crippen MR) is 83.2 cm³/mol. The Hall–Kier alpha value is -2.48. The lowest BCUT2D eigenvalue weighted by Gasteiger charge is -2.31. The third-order valence-corrected chi connectivity index (χ3v) is 4.04. The zero-order valence-electron chi connectivity index (χ0n) is 13.1. The van der Waals surface area contributed by atoms with E-state index in [-0.39, 0.29) is 23.7 Å². The van der Waals surface area contributed by atoms with E-state index in [4.69, 9.17) is 0 Å². The van der Waals surface area contributed by atoms with Crippen molar-refractivity contribution < 1.29 is 19.4 Å². The van der Waals surface area contributed by atoms with Gasteiger partial charge in [-0.15, -0.1) is 0 Å². The van der Waals surface area contributed by atoms with Crippen LogP contribution < -0.4 is 10.2 Å². The Balaban J connectivity index is 1.85. The molecule has 1 aromatic rings. The van der Waals surface area contributed by atoms with Gasteiger partial charge in [0.25, 0.3) is 11.6 Å². The van der Waals surface area contributed by atoms with Gasteiger partial charge in [0.05, 0.1) is 44.2 Å². The molecular weight excluding hydrogens is 300 g/mol. The number of rotatable bonds is 5. The van der Waals surface area contributed by atoms with E-state index in [1.807, 2.05) is 0 Å². The molecule has 0 spiro atoms. The lowest BCUT2D eigenvalue weighted by Crippen LogP contribution is -3.14. The first kappa shape index (κ1) is 16.9. The molecule has 1 fully saturated rings. The number of amides is 2. The molecule has 0 atom stereocenters. The van der Waals surface area contributed by atoms with Gasteiger partial charge in [0.1, 0.15) is 0 Å². The smallest absolute Gasteiger partial charge is 0.270 e. The van der Waals surface area contributed by atoms with Gasteiger partial charge < -0.3 is 15.1 Å². The van der Waals surface area contributed by atoms with Gasteiger partial charge in [0.2, 0.25) is 5.91 Å². The average Bonchev–Trinajstić information content (AvgIpc) is 2.59. The molecule has 2 rings (SSSR count). The van der Waals surface area contributed by atoms with E-state index in [9.17, 15) is 19.7 Å². The summed E-state index contributed by atoms with van der Waals surface area (Å²) >= 11 is 0. The minimum absolute atomic E-state index is 0.0943. The van der Waals surface area contributed by atoms with Crippen molar-refractivity contribution >= 4 is 17.5 Å². The lowest BCUT2D eigenvalue weighted by molar-refractivity contribution is -0.902. The van der Waals surface area contributed by atoms with Crippen LogP contribution in [0.25, 0.3) is 0 Å². The van der Waals surface area contributed by atoms with Gasteiger partial charge >= 0.3 is 0 Å². The number of hydrogen-bond acceptors (Lipinski definition) is 4. The fourth-order valence-corrected chi connectivity index (χ4v) is 2.56. The van der Waals surface area contributed by atoms with E-state index in [2.05, 4.69) is 12.2 Å². The third-order valence-electron chi connectivity index (χ3n) is 4.04. The molecule has 8 heteroatoms. The van der Waals surface area contributed by atoms with Crippen LogP contribution >= 0.6 is 0 Å². The number of carbonyl (C=O) groups excluding carboxylic acids is 2. The standard InChI is InChI=1S/C15H20N4O4/c1-2-17-6-8-18(9-7-17)14(20)11-16-15(21)12-4-3-5-13(10-12)19(22)23/h3-5,10H,2,6-9,11H2,1H3,(H,16,21)/p+1. The number of benzene rings is 1. The molecule has 1 aromatic carbocycles. The Morgan fingerprint density at radius 2 is 2.04 bits per heavy atom. The summed E-state index contributed by atoms with van der Waals surface area (Å²) in [4.78, 5) is 37.5. The third kappa shape index (κ3) is 4.49. The maximum atomic E-state index is 12.1. The summed E-state index contributed by atoms with van der Waals surface area (Å²) in [5.41, 5.74) is 0.0230. The second-order valence-electron chi connectivity index (χ2n) is 5.47. The van der Waals surface area contributed by atoms with Crippen LogP contribution in [0.4, 0.5) is 5.69 Å². The molecular formula is C15H21N4O4+. The molecule has 1 heterocycles. The average molecular weight is 321 g/mol. The minimum atomic E-state index is -0.558. The second-order valence-corrected chi connectivity index (χ2v) is 5.47. The molecule has 2 N–H and O–H groups in total. The topological polar surface area (TPSA) is 97.0 Å². The fourth-order valence-electron chi connectivity index (χ4n) is 2.56. The Labute approximate surface area is 134 Å². The number of nitrogens with one attached hydrogen (secondary N) is 2. The van der Waals surface area contributed by atoms with E-state index < -0.39 is 10.8 Å². The number of quaternary nitrogens is 1. The predicted octanol–water partition coefficient (Wildman–Crippen LogP) is -0.928. The van der Waals surface area contributed by atoms with Gasteiger partial charge in [-0.25, -0.2) is 0 Å². The molecule has 8 nitrogen and oxygen atoms in total. The molecule has 1 aliphatic rings. The highest BCUT2D eigenvalue weighted by atomic mass is 16.6. The zero-order chi connectivity index (χ0) is 16.8. The lowest BCUT2D eigenvalue weighted by atomic mass is 10.2. The number of likely N-dealkylation sites (N-methyl/N-ethyl adjacent to an activating group) is 1. The van der Waals surface area contributed by atoms with E-state index >= 15 is 0 Å². The second kappa shape index (κ2) is 7.68. The molecule has 23 heavy (non-hydrogen) atoms. The molecule has 2 amide bonds. The van der Waals surface area contributed by atoms with Crippen LogP contribution in [0.15, 0.2) is 24.3 Å². The molecule has 0 saturated carbocycles. The number of hydrogen-bond donors (Lipinski definition) is 2. The number of nitro benzene ring substituents is 1. The first-order valence-corrected chi connectivity index (χ1v) is 7.65. The number of non-ortho nitro benzene ring substituents is 1. The SMILES string of the molecule is CC[NH+]1CCN(C(=O)CNC(=O)c2cccc([N+](=O)[O-])c2)CC1. The summed E-state index contributed by atoms with van der Waals surface area (Å²) in [7, 11) is 0. The van der Waals surface area contributed by atoms with Crippen molar-refractivity contribution in [1.82, 2.24) is 10.2 Å². The summed E-state index contributed by atoms with van der Waals surface area (Å²) in [5, 5.41) is 13.2. The normalized spacial score (nSPS) is 15.3. The molecule has 1 aliphatic heterocycles. The molecule has 0 bridgehead atoms.